The zero-order valence-electron chi connectivity index (χ0n) is 15.6. The molecule has 2 N–H and O–H groups in total. The molecule has 1 aliphatic rings. The first-order valence-electron chi connectivity index (χ1n) is 9.06. The highest BCUT2D eigenvalue weighted by molar-refractivity contribution is 6.01. The van der Waals surface area contributed by atoms with Crippen molar-refractivity contribution in [1.82, 2.24) is 0 Å². The summed E-state index contributed by atoms with van der Waals surface area (Å²) in [5.74, 6) is -0.207. The number of carbonyl (C=O) groups is 1. The van der Waals surface area contributed by atoms with E-state index in [0.717, 1.165) is 17.4 Å². The minimum absolute atomic E-state index is 0.191. The number of carboxylic acids is 1. The summed E-state index contributed by atoms with van der Waals surface area (Å²) in [5, 5.41) is 29.9. The van der Waals surface area contributed by atoms with E-state index in [-0.39, 0.29) is 16.9 Å². The molecule has 0 aromatic heterocycles. The normalized spacial score (nSPS) is 15.4. The van der Waals surface area contributed by atoms with Gasteiger partial charge in [-0.05, 0) is 51.0 Å². The van der Waals surface area contributed by atoms with E-state index in [9.17, 15) is 9.90 Å². The summed E-state index contributed by atoms with van der Waals surface area (Å²) in [6.45, 7) is 4.02. The van der Waals surface area contributed by atoms with E-state index in [0.29, 0.717) is 28.9 Å². The largest absolute Gasteiger partial charge is 0.507 e. The van der Waals surface area contributed by atoms with Crippen molar-refractivity contribution in [1.29, 1.82) is 0 Å². The van der Waals surface area contributed by atoms with Gasteiger partial charge >= 0.3 is 5.97 Å². The summed E-state index contributed by atoms with van der Waals surface area (Å²) in [5.41, 5.74) is 1.67. The summed E-state index contributed by atoms with van der Waals surface area (Å²) < 4.78 is 6.19. The fraction of sp³-hybridized carbons (Fsp3) is 0.227. The first-order chi connectivity index (χ1) is 13.4. The molecule has 142 valence electrons. The van der Waals surface area contributed by atoms with Crippen LogP contribution >= 0.6 is 0 Å². The van der Waals surface area contributed by atoms with Gasteiger partial charge in [0, 0.05) is 16.3 Å². The molecule has 0 aliphatic carbocycles. The summed E-state index contributed by atoms with van der Waals surface area (Å²) in [4.78, 5) is 11.0. The number of fused-ring (bicyclic) bond motifs is 2. The highest BCUT2D eigenvalue weighted by Crippen LogP contribution is 2.50. The molecule has 4 rings (SSSR count). The van der Waals surface area contributed by atoms with Crippen LogP contribution in [0.4, 0.5) is 11.4 Å². The lowest BCUT2D eigenvalue weighted by molar-refractivity contribution is 0.0696. The van der Waals surface area contributed by atoms with Crippen molar-refractivity contribution >= 4 is 28.1 Å². The number of phenolic OH excluding ortho intramolecular Hbond substituents is 1. The molecule has 0 atom stereocenters. The maximum absolute atomic E-state index is 11.0. The predicted molar refractivity (Wildman–Crippen MR) is 106 cm³/mol. The Morgan fingerprint density at radius 2 is 1.71 bits per heavy atom. The van der Waals surface area contributed by atoms with Gasteiger partial charge in [0.15, 0.2) is 5.75 Å². The van der Waals surface area contributed by atoms with E-state index < -0.39 is 5.97 Å². The maximum atomic E-state index is 11.0. The lowest BCUT2D eigenvalue weighted by atomic mass is 9.91. The van der Waals surface area contributed by atoms with Crippen LogP contribution in [0.1, 0.15) is 36.2 Å². The number of rotatable bonds is 3. The monoisotopic (exact) mass is 376 g/mol. The minimum atomic E-state index is -0.988. The van der Waals surface area contributed by atoms with E-state index in [4.69, 9.17) is 9.84 Å². The van der Waals surface area contributed by atoms with Gasteiger partial charge in [-0.25, -0.2) is 4.79 Å². The predicted octanol–water partition coefficient (Wildman–Crippen LogP) is 5.76. The molecular weight excluding hydrogens is 356 g/mol. The average molecular weight is 376 g/mol. The van der Waals surface area contributed by atoms with Gasteiger partial charge in [-0.3, -0.25) is 0 Å². The van der Waals surface area contributed by atoms with Crippen LogP contribution < -0.4 is 4.74 Å². The number of carboxylic acid groups (broad SMARTS) is 1. The van der Waals surface area contributed by atoms with E-state index in [1.807, 2.05) is 38.1 Å². The molecule has 0 amide bonds. The number of phenols is 1. The third-order valence-corrected chi connectivity index (χ3v) is 4.95. The van der Waals surface area contributed by atoms with Crippen LogP contribution in [0, 0.1) is 0 Å². The Kier molecular flexibility index (Phi) is 4.26. The molecule has 1 heterocycles. The van der Waals surface area contributed by atoms with Gasteiger partial charge in [0.2, 0.25) is 0 Å². The SMILES string of the molecule is CC1(C)CCc2c(c(N=Nc3ccc(C(=O)O)cc3)c3ccccc3c2O)O1. The third kappa shape index (κ3) is 3.17. The number of benzene rings is 3. The first-order valence-corrected chi connectivity index (χ1v) is 9.06. The fourth-order valence-corrected chi connectivity index (χ4v) is 3.40. The lowest BCUT2D eigenvalue weighted by Gasteiger charge is -2.34. The minimum Gasteiger partial charge on any atom is -0.507 e. The molecule has 0 spiro atoms. The zero-order valence-corrected chi connectivity index (χ0v) is 15.6. The van der Waals surface area contributed by atoms with Crippen LogP contribution in [0.5, 0.6) is 11.5 Å². The molecule has 1 aliphatic heterocycles. The third-order valence-electron chi connectivity index (χ3n) is 4.95. The second kappa shape index (κ2) is 6.64. The molecule has 0 radical (unpaired) electrons. The van der Waals surface area contributed by atoms with Crippen LogP contribution in [0.15, 0.2) is 58.8 Å². The summed E-state index contributed by atoms with van der Waals surface area (Å²) >= 11 is 0. The molecule has 6 heteroatoms. The second-order valence-corrected chi connectivity index (χ2v) is 7.46. The fourth-order valence-electron chi connectivity index (χ4n) is 3.40. The van der Waals surface area contributed by atoms with Crippen molar-refractivity contribution in [2.24, 2.45) is 10.2 Å². The van der Waals surface area contributed by atoms with Gasteiger partial charge in [0.25, 0.3) is 0 Å². The molecule has 0 saturated heterocycles. The van der Waals surface area contributed by atoms with E-state index in [1.54, 1.807) is 12.1 Å². The number of aromatic hydroxyl groups is 1. The van der Waals surface area contributed by atoms with Gasteiger partial charge in [0.1, 0.15) is 17.0 Å². The number of hydrogen-bond acceptors (Lipinski definition) is 5. The lowest BCUT2D eigenvalue weighted by Crippen LogP contribution is -2.32. The van der Waals surface area contributed by atoms with Gasteiger partial charge in [-0.15, -0.1) is 5.11 Å². The molecule has 0 saturated carbocycles. The van der Waals surface area contributed by atoms with Crippen LogP contribution in [0.3, 0.4) is 0 Å². The van der Waals surface area contributed by atoms with Crippen LogP contribution in [-0.2, 0) is 6.42 Å². The Morgan fingerprint density at radius 1 is 1.04 bits per heavy atom. The van der Waals surface area contributed by atoms with Gasteiger partial charge in [-0.1, -0.05) is 24.3 Å². The van der Waals surface area contributed by atoms with Gasteiger partial charge < -0.3 is 14.9 Å². The van der Waals surface area contributed by atoms with Crippen molar-refractivity contribution in [3.8, 4) is 11.5 Å². The Morgan fingerprint density at radius 3 is 2.39 bits per heavy atom. The molecule has 0 bridgehead atoms. The van der Waals surface area contributed by atoms with Crippen molar-refractivity contribution in [3.05, 3.63) is 59.7 Å². The smallest absolute Gasteiger partial charge is 0.335 e. The molecule has 3 aromatic carbocycles. The van der Waals surface area contributed by atoms with Gasteiger partial charge in [0.05, 0.1) is 11.3 Å². The number of aromatic carboxylic acids is 1. The number of azo groups is 1. The van der Waals surface area contributed by atoms with Crippen LogP contribution in [-0.4, -0.2) is 21.8 Å². The first kappa shape index (κ1) is 18.0. The van der Waals surface area contributed by atoms with Crippen molar-refractivity contribution in [3.63, 3.8) is 0 Å². The summed E-state index contributed by atoms with van der Waals surface area (Å²) in [6, 6.07) is 13.7. The van der Waals surface area contributed by atoms with Crippen molar-refractivity contribution in [2.75, 3.05) is 0 Å². The molecule has 0 fully saturated rings. The number of nitrogens with zero attached hydrogens (tertiary/aromatic N) is 2. The standard InChI is InChI=1S/C22H20N2O4/c1-22(2)12-11-17-19(25)16-6-4-3-5-15(16)18(20(17)28-22)24-23-14-9-7-13(8-10-14)21(26)27/h3-10,25H,11-12H2,1-2H3,(H,26,27). The zero-order chi connectivity index (χ0) is 19.9. The Balaban J connectivity index is 1.85. The molecular formula is C22H20N2O4. The second-order valence-electron chi connectivity index (χ2n) is 7.46. The van der Waals surface area contributed by atoms with E-state index >= 15 is 0 Å². The molecule has 6 nitrogen and oxygen atoms in total. The summed E-state index contributed by atoms with van der Waals surface area (Å²) in [6.07, 6.45) is 1.48. The van der Waals surface area contributed by atoms with E-state index in [1.165, 1.54) is 12.1 Å². The van der Waals surface area contributed by atoms with Crippen molar-refractivity contribution in [2.45, 2.75) is 32.3 Å². The Labute approximate surface area is 162 Å². The van der Waals surface area contributed by atoms with Crippen molar-refractivity contribution < 1.29 is 19.7 Å². The number of ether oxygens (including phenoxy) is 1. The maximum Gasteiger partial charge on any atom is 0.335 e. The van der Waals surface area contributed by atoms with Crippen LogP contribution in [0.2, 0.25) is 0 Å². The molecule has 3 aromatic rings. The highest BCUT2D eigenvalue weighted by atomic mass is 16.5. The Bertz CT molecular complexity index is 1100. The molecule has 0 unspecified atom stereocenters. The highest BCUT2D eigenvalue weighted by Gasteiger charge is 2.32. The Hall–Kier alpha value is -3.41. The van der Waals surface area contributed by atoms with E-state index in [2.05, 4.69) is 10.2 Å². The topological polar surface area (TPSA) is 91.5 Å². The average Bonchev–Trinajstić information content (AvgIpc) is 2.67. The quantitative estimate of drug-likeness (QED) is 0.568. The van der Waals surface area contributed by atoms with Crippen LogP contribution in [0.25, 0.3) is 10.8 Å². The molecule has 28 heavy (non-hydrogen) atoms. The summed E-state index contributed by atoms with van der Waals surface area (Å²) in [7, 11) is 0. The van der Waals surface area contributed by atoms with Gasteiger partial charge in [-0.2, -0.15) is 5.11 Å². The number of hydrogen-bond donors (Lipinski definition) is 2.